The molecule has 1 unspecified atom stereocenters. The zero-order chi connectivity index (χ0) is 17.1. The van der Waals surface area contributed by atoms with Gasteiger partial charge in [0, 0.05) is 29.6 Å². The maximum atomic E-state index is 12.1. The minimum absolute atomic E-state index is 0.0583. The molecule has 2 bridgehead atoms. The van der Waals surface area contributed by atoms with Crippen molar-refractivity contribution in [2.24, 2.45) is 16.7 Å². The summed E-state index contributed by atoms with van der Waals surface area (Å²) >= 11 is 0. The van der Waals surface area contributed by atoms with Gasteiger partial charge in [0.1, 0.15) is 5.78 Å². The van der Waals surface area contributed by atoms with E-state index in [1.54, 1.807) is 0 Å². The molecule has 1 spiro atoms. The first-order valence-corrected chi connectivity index (χ1v) is 9.21. The molecular formula is C20H32O3. The second-order valence-electron chi connectivity index (χ2n) is 9.09. The molecule has 130 valence electrons. The van der Waals surface area contributed by atoms with Crippen molar-refractivity contribution >= 4 is 5.78 Å². The highest BCUT2D eigenvalue weighted by molar-refractivity contribution is 5.80. The summed E-state index contributed by atoms with van der Waals surface area (Å²) in [5.74, 6) is -0.772. The number of ether oxygens (including phenoxy) is 1. The van der Waals surface area contributed by atoms with Gasteiger partial charge in [0.15, 0.2) is 5.79 Å². The third-order valence-electron chi connectivity index (χ3n) is 7.26. The molecule has 1 saturated carbocycles. The van der Waals surface area contributed by atoms with Crippen LogP contribution in [0.5, 0.6) is 0 Å². The highest BCUT2D eigenvalue weighted by Gasteiger charge is 2.71. The molecule has 3 nitrogen and oxygen atoms in total. The highest BCUT2D eigenvalue weighted by Crippen LogP contribution is 2.69. The number of hydrogen-bond acceptors (Lipinski definition) is 3. The van der Waals surface area contributed by atoms with Crippen molar-refractivity contribution in [2.45, 2.75) is 90.4 Å². The van der Waals surface area contributed by atoms with Crippen LogP contribution in [-0.2, 0) is 9.53 Å². The molecule has 3 rings (SSSR count). The lowest BCUT2D eigenvalue weighted by Gasteiger charge is -2.55. The lowest BCUT2D eigenvalue weighted by Crippen LogP contribution is -2.56. The van der Waals surface area contributed by atoms with Crippen molar-refractivity contribution in [3.63, 3.8) is 0 Å². The first-order chi connectivity index (χ1) is 10.6. The Kier molecular flexibility index (Phi) is 3.85. The summed E-state index contributed by atoms with van der Waals surface area (Å²) in [5.41, 5.74) is 0.473. The van der Waals surface area contributed by atoms with E-state index in [1.165, 1.54) is 6.42 Å². The van der Waals surface area contributed by atoms with Gasteiger partial charge in [-0.1, -0.05) is 34.3 Å². The first-order valence-electron chi connectivity index (χ1n) is 9.21. The Morgan fingerprint density at radius 3 is 2.65 bits per heavy atom. The molecule has 0 aromatic rings. The summed E-state index contributed by atoms with van der Waals surface area (Å²) in [7, 11) is 0. The average molecular weight is 320 g/mol. The average Bonchev–Trinajstić information content (AvgIpc) is 2.68. The van der Waals surface area contributed by atoms with E-state index >= 15 is 0 Å². The van der Waals surface area contributed by atoms with E-state index in [1.807, 2.05) is 13.8 Å². The molecule has 0 aromatic heterocycles. The fraction of sp³-hybridized carbons (Fsp3) is 0.850. The van der Waals surface area contributed by atoms with Crippen LogP contribution in [0.4, 0.5) is 0 Å². The maximum Gasteiger partial charge on any atom is 0.172 e. The predicted octanol–water partition coefficient (Wildman–Crippen LogP) is 4.39. The van der Waals surface area contributed by atoms with Crippen molar-refractivity contribution < 1.29 is 14.6 Å². The van der Waals surface area contributed by atoms with Crippen LogP contribution in [0.25, 0.3) is 0 Å². The van der Waals surface area contributed by atoms with E-state index in [9.17, 15) is 9.90 Å². The van der Waals surface area contributed by atoms with Gasteiger partial charge in [-0.15, -0.1) is 0 Å². The number of carbonyl (C=O) groups excluding carboxylic acids is 1. The van der Waals surface area contributed by atoms with Crippen LogP contribution in [0.3, 0.4) is 0 Å². The Morgan fingerprint density at radius 2 is 2.00 bits per heavy atom. The molecule has 2 aliphatic heterocycles. The van der Waals surface area contributed by atoms with Crippen LogP contribution in [0.15, 0.2) is 12.2 Å². The number of ketones is 1. The molecular weight excluding hydrogens is 288 g/mol. The van der Waals surface area contributed by atoms with Gasteiger partial charge in [-0.3, -0.25) is 4.79 Å². The molecule has 0 radical (unpaired) electrons. The standard InChI is InChI=1S/C20H32O3/c1-14(2)16(21)8-10-18(5)13-19-15(3)7-6-9-17(19,4)11-12-20(18,22)23-19/h14,22H,3,6-13H2,1-2,4-5H3/t17-,18+,19-,20?/m0/s1. The molecule has 1 N–H and O–H groups in total. The van der Waals surface area contributed by atoms with Crippen LogP contribution < -0.4 is 0 Å². The molecule has 2 saturated heterocycles. The van der Waals surface area contributed by atoms with Crippen LogP contribution >= 0.6 is 0 Å². The monoisotopic (exact) mass is 320 g/mol. The van der Waals surface area contributed by atoms with Crippen molar-refractivity contribution in [3.8, 4) is 0 Å². The minimum Gasteiger partial charge on any atom is -0.365 e. The lowest BCUT2D eigenvalue weighted by molar-refractivity contribution is -0.303. The maximum absolute atomic E-state index is 12.1. The summed E-state index contributed by atoms with van der Waals surface area (Å²) in [6.07, 6.45) is 6.99. The number of aliphatic hydroxyl groups is 1. The second kappa shape index (κ2) is 5.16. The Hall–Kier alpha value is -0.670. The number of carbonyl (C=O) groups is 1. The van der Waals surface area contributed by atoms with Crippen molar-refractivity contribution in [2.75, 3.05) is 0 Å². The number of Topliss-reactive ketones (excluding diaryl/α,β-unsaturated/α-hetero) is 1. The number of fused-ring (bicyclic) bond motifs is 1. The van der Waals surface area contributed by atoms with Crippen molar-refractivity contribution in [3.05, 3.63) is 12.2 Å². The molecule has 0 amide bonds. The normalized spacial score (nSPS) is 46.1. The van der Waals surface area contributed by atoms with E-state index in [-0.39, 0.29) is 22.5 Å². The third-order valence-corrected chi connectivity index (χ3v) is 7.26. The van der Waals surface area contributed by atoms with E-state index in [0.717, 1.165) is 31.3 Å². The van der Waals surface area contributed by atoms with E-state index in [0.29, 0.717) is 19.3 Å². The summed E-state index contributed by atoms with van der Waals surface area (Å²) in [5, 5.41) is 11.3. The van der Waals surface area contributed by atoms with Gasteiger partial charge in [0.2, 0.25) is 0 Å². The van der Waals surface area contributed by atoms with Crippen molar-refractivity contribution in [1.29, 1.82) is 0 Å². The zero-order valence-corrected chi connectivity index (χ0v) is 15.2. The fourth-order valence-corrected chi connectivity index (χ4v) is 5.29. The molecule has 23 heavy (non-hydrogen) atoms. The van der Waals surface area contributed by atoms with E-state index in [4.69, 9.17) is 4.74 Å². The minimum atomic E-state index is -1.11. The Bertz CT molecular complexity index is 539. The van der Waals surface area contributed by atoms with Crippen LogP contribution in [-0.4, -0.2) is 22.3 Å². The molecule has 2 heterocycles. The zero-order valence-electron chi connectivity index (χ0n) is 15.2. The lowest BCUT2D eigenvalue weighted by atomic mass is 9.58. The second-order valence-corrected chi connectivity index (χ2v) is 9.09. The molecule has 4 atom stereocenters. The Balaban J connectivity index is 1.90. The number of rotatable bonds is 4. The summed E-state index contributed by atoms with van der Waals surface area (Å²) in [6.45, 7) is 12.6. The SMILES string of the molecule is C=C1CCC[C@@]2(C)CCC3(O)O[C@@]12C[C@@]3(C)CCC(=O)C(C)C. The van der Waals surface area contributed by atoms with Gasteiger partial charge >= 0.3 is 0 Å². The molecule has 3 heteroatoms. The van der Waals surface area contributed by atoms with E-state index < -0.39 is 11.4 Å². The highest BCUT2D eigenvalue weighted by atomic mass is 16.7. The summed E-state index contributed by atoms with van der Waals surface area (Å²) < 4.78 is 6.44. The number of hydrogen-bond donors (Lipinski definition) is 1. The van der Waals surface area contributed by atoms with Gasteiger partial charge in [-0.2, -0.15) is 0 Å². The first kappa shape index (κ1) is 17.2. The summed E-state index contributed by atoms with van der Waals surface area (Å²) in [6, 6.07) is 0. The largest absolute Gasteiger partial charge is 0.365 e. The van der Waals surface area contributed by atoms with Crippen LogP contribution in [0.2, 0.25) is 0 Å². The molecule has 1 aliphatic carbocycles. The van der Waals surface area contributed by atoms with Crippen LogP contribution in [0, 0.1) is 16.7 Å². The van der Waals surface area contributed by atoms with E-state index in [2.05, 4.69) is 20.4 Å². The smallest absolute Gasteiger partial charge is 0.172 e. The van der Waals surface area contributed by atoms with Gasteiger partial charge in [0.05, 0.1) is 5.60 Å². The van der Waals surface area contributed by atoms with Gasteiger partial charge in [-0.05, 0) is 44.1 Å². The quantitative estimate of drug-likeness (QED) is 0.782. The fourth-order valence-electron chi connectivity index (χ4n) is 5.29. The Morgan fingerprint density at radius 1 is 1.30 bits per heavy atom. The Labute approximate surface area is 140 Å². The van der Waals surface area contributed by atoms with Crippen molar-refractivity contribution in [1.82, 2.24) is 0 Å². The molecule has 3 aliphatic rings. The predicted molar refractivity (Wildman–Crippen MR) is 90.9 cm³/mol. The van der Waals surface area contributed by atoms with Crippen LogP contribution in [0.1, 0.15) is 79.1 Å². The van der Waals surface area contributed by atoms with Gasteiger partial charge in [-0.25, -0.2) is 0 Å². The van der Waals surface area contributed by atoms with Gasteiger partial charge < -0.3 is 9.84 Å². The molecule has 3 fully saturated rings. The molecule has 0 aromatic carbocycles. The third kappa shape index (κ3) is 2.26. The van der Waals surface area contributed by atoms with Gasteiger partial charge in [0.25, 0.3) is 0 Å². The summed E-state index contributed by atoms with van der Waals surface area (Å²) in [4.78, 5) is 12.1. The topological polar surface area (TPSA) is 46.5 Å².